The molecule has 0 aromatic heterocycles. The SMILES string of the molecule is CC1CN1C(N1CC1C)C(C(=O)O)(N1CC1C)N1CC1C. The number of carboxylic acids is 1. The van der Waals surface area contributed by atoms with Crippen LogP contribution in [0, 0.1) is 0 Å². The van der Waals surface area contributed by atoms with E-state index in [1.807, 2.05) is 0 Å². The Bertz CT molecular complexity index is 452. The van der Waals surface area contributed by atoms with Crippen molar-refractivity contribution >= 4 is 5.97 Å². The highest BCUT2D eigenvalue weighted by atomic mass is 16.4. The first-order valence-corrected chi connectivity index (χ1v) is 8.17. The summed E-state index contributed by atoms with van der Waals surface area (Å²) in [6.07, 6.45) is -0.00472. The lowest BCUT2D eigenvalue weighted by molar-refractivity contribution is -0.165. The van der Waals surface area contributed by atoms with Gasteiger partial charge in [0.25, 0.3) is 0 Å². The van der Waals surface area contributed by atoms with E-state index in [1.165, 1.54) is 0 Å². The lowest BCUT2D eigenvalue weighted by Gasteiger charge is -2.42. The third-order valence-electron chi connectivity index (χ3n) is 5.71. The summed E-state index contributed by atoms with van der Waals surface area (Å²) in [5.74, 6) is -0.667. The van der Waals surface area contributed by atoms with Crippen LogP contribution in [0.25, 0.3) is 0 Å². The molecule has 0 saturated carbocycles. The van der Waals surface area contributed by atoms with E-state index < -0.39 is 11.6 Å². The van der Waals surface area contributed by atoms with Gasteiger partial charge >= 0.3 is 5.97 Å². The predicted octanol–water partition coefficient (Wildman–Crippen LogP) is -0.0902. The third kappa shape index (κ3) is 1.89. The van der Waals surface area contributed by atoms with E-state index in [9.17, 15) is 9.90 Å². The fourth-order valence-corrected chi connectivity index (χ4v) is 4.09. The van der Waals surface area contributed by atoms with Gasteiger partial charge in [0, 0.05) is 50.3 Å². The topological polar surface area (TPSA) is 49.3 Å². The first-order chi connectivity index (χ1) is 9.88. The Labute approximate surface area is 126 Å². The van der Waals surface area contributed by atoms with Crippen molar-refractivity contribution in [2.45, 2.75) is 63.7 Å². The second-order valence-corrected chi connectivity index (χ2v) is 7.50. The molecule has 21 heavy (non-hydrogen) atoms. The molecule has 4 saturated heterocycles. The molecule has 0 spiro atoms. The fourth-order valence-electron chi connectivity index (χ4n) is 4.09. The van der Waals surface area contributed by atoms with Crippen LogP contribution in [-0.2, 0) is 4.79 Å². The summed E-state index contributed by atoms with van der Waals surface area (Å²) >= 11 is 0. The Morgan fingerprint density at radius 2 is 1.24 bits per heavy atom. The van der Waals surface area contributed by atoms with Crippen molar-refractivity contribution in [1.82, 2.24) is 19.6 Å². The van der Waals surface area contributed by atoms with Gasteiger partial charge in [0.1, 0.15) is 6.17 Å². The molecule has 6 nitrogen and oxygen atoms in total. The first kappa shape index (κ1) is 13.9. The number of hydrogen-bond donors (Lipinski definition) is 1. The van der Waals surface area contributed by atoms with Gasteiger partial charge in [0.2, 0.25) is 5.66 Å². The molecule has 4 aliphatic rings. The van der Waals surface area contributed by atoms with Crippen LogP contribution in [0.2, 0.25) is 0 Å². The lowest BCUT2D eigenvalue weighted by Crippen LogP contribution is -2.67. The average Bonchev–Trinajstić information content (AvgIpc) is 3.14. The third-order valence-corrected chi connectivity index (χ3v) is 5.71. The Morgan fingerprint density at radius 3 is 1.43 bits per heavy atom. The number of rotatable bonds is 6. The molecule has 0 bridgehead atoms. The van der Waals surface area contributed by atoms with Gasteiger partial charge < -0.3 is 5.11 Å². The second kappa shape index (κ2) is 4.19. The summed E-state index contributed by atoms with van der Waals surface area (Å²) in [5.41, 5.74) is -0.853. The summed E-state index contributed by atoms with van der Waals surface area (Å²) in [6.45, 7) is 12.5. The van der Waals surface area contributed by atoms with Crippen LogP contribution in [0.4, 0.5) is 0 Å². The van der Waals surface area contributed by atoms with Gasteiger partial charge in [-0.15, -0.1) is 0 Å². The number of hydrogen-bond acceptors (Lipinski definition) is 5. The van der Waals surface area contributed by atoms with E-state index in [4.69, 9.17) is 0 Å². The van der Waals surface area contributed by atoms with Crippen LogP contribution in [0.3, 0.4) is 0 Å². The summed E-state index contributed by atoms with van der Waals surface area (Å²) in [7, 11) is 0. The zero-order chi connectivity index (χ0) is 15.1. The molecule has 0 amide bonds. The number of aliphatic carboxylic acids is 1. The van der Waals surface area contributed by atoms with Crippen molar-refractivity contribution in [3.63, 3.8) is 0 Å². The van der Waals surface area contributed by atoms with Gasteiger partial charge in [-0.05, 0) is 27.7 Å². The zero-order valence-corrected chi connectivity index (χ0v) is 13.4. The highest BCUT2D eigenvalue weighted by molar-refractivity contribution is 5.81. The minimum Gasteiger partial charge on any atom is -0.479 e. The summed E-state index contributed by atoms with van der Waals surface area (Å²) < 4.78 is 0. The van der Waals surface area contributed by atoms with Crippen LogP contribution in [-0.4, -0.2) is 92.9 Å². The minimum atomic E-state index is -0.853. The van der Waals surface area contributed by atoms with Crippen LogP contribution in [0.5, 0.6) is 0 Å². The highest BCUT2D eigenvalue weighted by Gasteiger charge is 2.71. The molecule has 0 aliphatic carbocycles. The number of carboxylic acid groups (broad SMARTS) is 1. The zero-order valence-electron chi connectivity index (χ0n) is 13.4. The first-order valence-electron chi connectivity index (χ1n) is 8.17. The normalized spacial score (nSPS) is 54.5. The molecule has 4 heterocycles. The molecule has 0 aromatic carbocycles. The molecule has 0 radical (unpaired) electrons. The van der Waals surface area contributed by atoms with Crippen LogP contribution >= 0.6 is 0 Å². The predicted molar refractivity (Wildman–Crippen MR) is 78.8 cm³/mol. The van der Waals surface area contributed by atoms with Crippen molar-refractivity contribution in [3.05, 3.63) is 0 Å². The molecular weight excluding hydrogens is 268 g/mol. The lowest BCUT2D eigenvalue weighted by atomic mass is 10.1. The van der Waals surface area contributed by atoms with Crippen molar-refractivity contribution in [3.8, 4) is 0 Å². The second-order valence-electron chi connectivity index (χ2n) is 7.50. The molecule has 1 N–H and O–H groups in total. The van der Waals surface area contributed by atoms with Crippen LogP contribution in [0.15, 0.2) is 0 Å². The Morgan fingerprint density at radius 1 is 0.905 bits per heavy atom. The Hall–Kier alpha value is -0.690. The molecular formula is C15H26N4O2. The van der Waals surface area contributed by atoms with Gasteiger partial charge in [-0.1, -0.05) is 0 Å². The van der Waals surface area contributed by atoms with E-state index in [1.54, 1.807) is 0 Å². The van der Waals surface area contributed by atoms with Gasteiger partial charge in [0.15, 0.2) is 0 Å². The Kier molecular flexibility index (Phi) is 2.78. The standard InChI is InChI=1S/C15H26N4O2/c1-9-5-16(9)13(17-6-10(17)2)15(14(20)21,18-7-11(18)3)19-8-12(19)4/h9-13H,5-8H2,1-4H3,(H,20,21). The fraction of sp³-hybridized carbons (Fsp3) is 0.933. The molecule has 8 atom stereocenters. The molecule has 118 valence electrons. The van der Waals surface area contributed by atoms with E-state index in [-0.39, 0.29) is 6.17 Å². The largest absolute Gasteiger partial charge is 0.479 e. The highest BCUT2D eigenvalue weighted by Crippen LogP contribution is 2.48. The van der Waals surface area contributed by atoms with Crippen molar-refractivity contribution in [2.24, 2.45) is 0 Å². The number of nitrogens with zero attached hydrogens (tertiary/aromatic N) is 4. The van der Waals surface area contributed by atoms with Gasteiger partial charge in [0.05, 0.1) is 0 Å². The number of carbonyl (C=O) groups is 1. The molecule has 4 fully saturated rings. The molecule has 4 aliphatic heterocycles. The maximum absolute atomic E-state index is 12.5. The monoisotopic (exact) mass is 294 g/mol. The van der Waals surface area contributed by atoms with Crippen LogP contribution < -0.4 is 0 Å². The molecule has 8 unspecified atom stereocenters. The van der Waals surface area contributed by atoms with E-state index >= 15 is 0 Å². The van der Waals surface area contributed by atoms with Crippen molar-refractivity contribution in [1.29, 1.82) is 0 Å². The summed E-state index contributed by atoms with van der Waals surface area (Å²) in [6, 6.07) is 1.77. The van der Waals surface area contributed by atoms with Gasteiger partial charge in [-0.3, -0.25) is 19.6 Å². The smallest absolute Gasteiger partial charge is 0.342 e. The maximum Gasteiger partial charge on any atom is 0.342 e. The summed E-state index contributed by atoms with van der Waals surface area (Å²) in [4.78, 5) is 21.6. The average molecular weight is 294 g/mol. The van der Waals surface area contributed by atoms with E-state index in [0.717, 1.165) is 26.2 Å². The molecule has 0 aromatic rings. The van der Waals surface area contributed by atoms with E-state index in [2.05, 4.69) is 47.3 Å². The van der Waals surface area contributed by atoms with Gasteiger partial charge in [-0.2, -0.15) is 0 Å². The van der Waals surface area contributed by atoms with Crippen molar-refractivity contribution in [2.75, 3.05) is 26.2 Å². The molecule has 6 heteroatoms. The maximum atomic E-state index is 12.5. The summed E-state index contributed by atoms with van der Waals surface area (Å²) in [5, 5.41) is 10.2. The minimum absolute atomic E-state index is 0.00472. The quantitative estimate of drug-likeness (QED) is 0.691. The van der Waals surface area contributed by atoms with Crippen LogP contribution in [0.1, 0.15) is 27.7 Å². The van der Waals surface area contributed by atoms with E-state index in [0.29, 0.717) is 24.2 Å². The van der Waals surface area contributed by atoms with Crippen molar-refractivity contribution < 1.29 is 9.90 Å². The molecule has 4 rings (SSSR count). The van der Waals surface area contributed by atoms with Gasteiger partial charge in [-0.25, -0.2) is 4.79 Å². The Balaban J connectivity index is 1.74.